The lowest BCUT2D eigenvalue weighted by Gasteiger charge is -2.34. The molecule has 0 aromatic heterocycles. The third kappa shape index (κ3) is 4.07. The smallest absolute Gasteiger partial charge is 0.292 e. The van der Waals surface area contributed by atoms with E-state index in [1.165, 1.54) is 5.56 Å². The summed E-state index contributed by atoms with van der Waals surface area (Å²) in [6, 6.07) is 13.8. The minimum absolute atomic E-state index is 0.111. The summed E-state index contributed by atoms with van der Waals surface area (Å²) in [5.41, 5.74) is 3.05. The Kier molecular flexibility index (Phi) is 5.40. The van der Waals surface area contributed by atoms with Gasteiger partial charge in [-0.25, -0.2) is 0 Å². The number of ether oxygens (including phenoxy) is 1. The number of benzene rings is 2. The van der Waals surface area contributed by atoms with E-state index < -0.39 is 0 Å². The van der Waals surface area contributed by atoms with Crippen molar-refractivity contribution in [1.82, 2.24) is 0 Å². The van der Waals surface area contributed by atoms with E-state index in [-0.39, 0.29) is 16.0 Å². The first-order valence-electron chi connectivity index (χ1n) is 9.48. The molecule has 1 aliphatic heterocycles. The van der Waals surface area contributed by atoms with Gasteiger partial charge in [0.25, 0.3) is 5.69 Å². The highest BCUT2D eigenvalue weighted by Gasteiger charge is 2.28. The van der Waals surface area contributed by atoms with Gasteiger partial charge < -0.3 is 9.64 Å². The van der Waals surface area contributed by atoms with Gasteiger partial charge in [0.1, 0.15) is 11.4 Å². The van der Waals surface area contributed by atoms with Gasteiger partial charge in [-0.15, -0.1) is 0 Å². The van der Waals surface area contributed by atoms with Crippen LogP contribution >= 0.6 is 0 Å². The van der Waals surface area contributed by atoms with Gasteiger partial charge >= 0.3 is 0 Å². The number of anilines is 1. The molecule has 5 heteroatoms. The summed E-state index contributed by atoms with van der Waals surface area (Å²) in [4.78, 5) is 13.6. The molecule has 27 heavy (non-hydrogen) atoms. The van der Waals surface area contributed by atoms with Gasteiger partial charge in [0.05, 0.1) is 12.0 Å². The van der Waals surface area contributed by atoms with Crippen LogP contribution in [0.4, 0.5) is 11.4 Å². The van der Waals surface area contributed by atoms with Crippen LogP contribution in [0.3, 0.4) is 0 Å². The van der Waals surface area contributed by atoms with Crippen molar-refractivity contribution < 1.29 is 9.66 Å². The number of nitrogens with zero attached hydrogens (tertiary/aromatic N) is 2. The number of para-hydroxylation sites is 1. The number of hydrogen-bond donors (Lipinski definition) is 0. The Morgan fingerprint density at radius 1 is 1.11 bits per heavy atom. The van der Waals surface area contributed by atoms with Crippen molar-refractivity contribution in [3.63, 3.8) is 0 Å². The molecule has 0 aliphatic carbocycles. The summed E-state index contributed by atoms with van der Waals surface area (Å²) in [5.74, 6) is 1.35. The fourth-order valence-corrected chi connectivity index (χ4v) is 3.84. The number of nitro groups is 1. The zero-order chi connectivity index (χ0) is 19.6. The SMILES string of the molecule is COc1ccccc1C1CCN(c2ccc(C(C)(C)C)cc2[N+](=O)[O-])CC1. The van der Waals surface area contributed by atoms with E-state index in [2.05, 4.69) is 31.7 Å². The summed E-state index contributed by atoms with van der Waals surface area (Å²) in [5, 5.41) is 11.7. The van der Waals surface area contributed by atoms with E-state index in [4.69, 9.17) is 4.74 Å². The first kappa shape index (κ1) is 19.2. The van der Waals surface area contributed by atoms with E-state index in [0.29, 0.717) is 5.92 Å². The number of methoxy groups -OCH3 is 1. The molecule has 1 aliphatic rings. The molecule has 1 heterocycles. The lowest BCUT2D eigenvalue weighted by Crippen LogP contribution is -2.33. The fourth-order valence-electron chi connectivity index (χ4n) is 3.84. The van der Waals surface area contributed by atoms with Gasteiger partial charge in [-0.3, -0.25) is 10.1 Å². The highest BCUT2D eigenvalue weighted by molar-refractivity contribution is 5.65. The van der Waals surface area contributed by atoms with Crippen molar-refractivity contribution in [2.45, 2.75) is 44.9 Å². The van der Waals surface area contributed by atoms with Crippen molar-refractivity contribution in [3.05, 3.63) is 63.7 Å². The van der Waals surface area contributed by atoms with E-state index in [0.717, 1.165) is 42.9 Å². The molecule has 1 saturated heterocycles. The van der Waals surface area contributed by atoms with Crippen LogP contribution in [-0.4, -0.2) is 25.1 Å². The lowest BCUT2D eigenvalue weighted by atomic mass is 9.86. The zero-order valence-corrected chi connectivity index (χ0v) is 16.6. The molecule has 0 saturated carbocycles. The second-order valence-corrected chi connectivity index (χ2v) is 8.21. The summed E-state index contributed by atoms with van der Waals surface area (Å²) < 4.78 is 5.50. The van der Waals surface area contributed by atoms with Crippen LogP contribution in [0.2, 0.25) is 0 Å². The molecular formula is C22H28N2O3. The van der Waals surface area contributed by atoms with Gasteiger partial charge in [0.2, 0.25) is 0 Å². The third-order valence-corrected chi connectivity index (χ3v) is 5.45. The normalized spacial score (nSPS) is 15.6. The molecule has 3 rings (SSSR count). The van der Waals surface area contributed by atoms with Crippen molar-refractivity contribution in [2.75, 3.05) is 25.1 Å². The molecule has 0 unspecified atom stereocenters. The van der Waals surface area contributed by atoms with E-state index >= 15 is 0 Å². The van der Waals surface area contributed by atoms with E-state index in [1.54, 1.807) is 13.2 Å². The second-order valence-electron chi connectivity index (χ2n) is 8.21. The largest absolute Gasteiger partial charge is 0.496 e. The Labute approximate surface area is 161 Å². The van der Waals surface area contributed by atoms with Crippen LogP contribution in [0.25, 0.3) is 0 Å². The van der Waals surface area contributed by atoms with Crippen LogP contribution in [-0.2, 0) is 5.41 Å². The van der Waals surface area contributed by atoms with E-state index in [9.17, 15) is 10.1 Å². The predicted molar refractivity (Wildman–Crippen MR) is 109 cm³/mol. The average Bonchev–Trinajstić information content (AvgIpc) is 2.67. The Morgan fingerprint density at radius 3 is 2.37 bits per heavy atom. The molecular weight excluding hydrogens is 340 g/mol. The lowest BCUT2D eigenvalue weighted by molar-refractivity contribution is -0.384. The molecule has 0 atom stereocenters. The fraction of sp³-hybridized carbons (Fsp3) is 0.455. The molecule has 144 valence electrons. The topological polar surface area (TPSA) is 55.6 Å². The first-order valence-corrected chi connectivity index (χ1v) is 9.48. The molecule has 5 nitrogen and oxygen atoms in total. The highest BCUT2D eigenvalue weighted by Crippen LogP contribution is 2.39. The maximum Gasteiger partial charge on any atom is 0.292 e. The maximum atomic E-state index is 11.7. The Bertz CT molecular complexity index is 819. The molecule has 0 N–H and O–H groups in total. The Morgan fingerprint density at radius 2 is 1.78 bits per heavy atom. The number of nitro benzene ring substituents is 1. The van der Waals surface area contributed by atoms with Crippen molar-refractivity contribution >= 4 is 11.4 Å². The maximum absolute atomic E-state index is 11.7. The van der Waals surface area contributed by atoms with Crippen LogP contribution < -0.4 is 9.64 Å². The van der Waals surface area contributed by atoms with E-state index in [1.807, 2.05) is 30.3 Å². The monoisotopic (exact) mass is 368 g/mol. The van der Waals surface area contributed by atoms with Gasteiger partial charge in [0.15, 0.2) is 0 Å². The van der Waals surface area contributed by atoms with Crippen molar-refractivity contribution in [3.8, 4) is 5.75 Å². The zero-order valence-electron chi connectivity index (χ0n) is 16.6. The van der Waals surface area contributed by atoms with Crippen molar-refractivity contribution in [2.24, 2.45) is 0 Å². The number of hydrogen-bond acceptors (Lipinski definition) is 4. The van der Waals surface area contributed by atoms with Crippen LogP contribution in [0, 0.1) is 10.1 Å². The molecule has 0 amide bonds. The predicted octanol–water partition coefficient (Wildman–Crippen LogP) is 5.28. The van der Waals surface area contributed by atoms with Crippen LogP contribution in [0.1, 0.15) is 50.7 Å². The second kappa shape index (κ2) is 7.59. The minimum Gasteiger partial charge on any atom is -0.496 e. The molecule has 2 aromatic carbocycles. The number of rotatable bonds is 4. The first-order chi connectivity index (χ1) is 12.8. The minimum atomic E-state index is -0.253. The Balaban J connectivity index is 1.81. The van der Waals surface area contributed by atoms with Gasteiger partial charge in [0, 0.05) is 19.2 Å². The molecule has 0 spiro atoms. The van der Waals surface area contributed by atoms with Crippen LogP contribution in [0.15, 0.2) is 42.5 Å². The van der Waals surface area contributed by atoms with Gasteiger partial charge in [-0.05, 0) is 47.4 Å². The summed E-state index contributed by atoms with van der Waals surface area (Å²) >= 11 is 0. The standard InChI is InChI=1S/C22H28N2O3/c1-22(2,3)17-9-10-19(20(15-17)24(25)26)23-13-11-16(12-14-23)18-7-5-6-8-21(18)27-4/h5-10,15-16H,11-14H2,1-4H3. The number of piperidine rings is 1. The molecule has 0 bridgehead atoms. The Hall–Kier alpha value is -2.56. The molecule has 0 radical (unpaired) electrons. The van der Waals surface area contributed by atoms with Crippen LogP contribution in [0.5, 0.6) is 5.75 Å². The summed E-state index contributed by atoms with van der Waals surface area (Å²) in [7, 11) is 1.70. The average molecular weight is 368 g/mol. The quantitative estimate of drug-likeness (QED) is 0.544. The van der Waals surface area contributed by atoms with Gasteiger partial charge in [-0.2, -0.15) is 0 Å². The summed E-state index contributed by atoms with van der Waals surface area (Å²) in [6.45, 7) is 7.83. The third-order valence-electron chi connectivity index (χ3n) is 5.45. The summed E-state index contributed by atoms with van der Waals surface area (Å²) in [6.07, 6.45) is 1.91. The molecule has 1 fully saturated rings. The van der Waals surface area contributed by atoms with Crippen molar-refractivity contribution in [1.29, 1.82) is 0 Å². The molecule has 2 aromatic rings. The highest BCUT2D eigenvalue weighted by atomic mass is 16.6. The van der Waals surface area contributed by atoms with Gasteiger partial charge in [-0.1, -0.05) is 45.0 Å².